The third-order valence-corrected chi connectivity index (χ3v) is 4.08. The Kier molecular flexibility index (Phi) is 3.54. The Morgan fingerprint density at radius 1 is 1.42 bits per heavy atom. The summed E-state index contributed by atoms with van der Waals surface area (Å²) in [5, 5.41) is 9.35. The molecule has 1 aliphatic heterocycles. The maximum atomic E-state index is 11.4. The van der Waals surface area contributed by atoms with E-state index in [4.69, 9.17) is 9.47 Å². The molecule has 1 fully saturated rings. The number of ether oxygens (including phenoxy) is 2. The van der Waals surface area contributed by atoms with Gasteiger partial charge in [-0.2, -0.15) is 0 Å². The van der Waals surface area contributed by atoms with E-state index in [9.17, 15) is 9.90 Å². The molecule has 1 atom stereocenters. The van der Waals surface area contributed by atoms with Crippen molar-refractivity contribution in [2.75, 3.05) is 20.3 Å². The molecule has 0 spiro atoms. The molecular formula is C15H20O4. The summed E-state index contributed by atoms with van der Waals surface area (Å²) in [6.45, 7) is 6.59. The van der Waals surface area contributed by atoms with Crippen molar-refractivity contribution in [1.82, 2.24) is 0 Å². The van der Waals surface area contributed by atoms with Gasteiger partial charge < -0.3 is 14.6 Å². The van der Waals surface area contributed by atoms with Gasteiger partial charge in [-0.05, 0) is 19.4 Å². The lowest BCUT2D eigenvalue weighted by atomic mass is 9.68. The molecule has 1 unspecified atom stereocenters. The molecule has 4 nitrogen and oxygen atoms in total. The van der Waals surface area contributed by atoms with E-state index in [2.05, 4.69) is 0 Å². The van der Waals surface area contributed by atoms with Crippen LogP contribution in [0.4, 0.5) is 0 Å². The molecule has 104 valence electrons. The average Bonchev–Trinajstić information content (AvgIpc) is 2.26. The van der Waals surface area contributed by atoms with Crippen molar-refractivity contribution in [2.45, 2.75) is 26.2 Å². The van der Waals surface area contributed by atoms with E-state index in [1.807, 2.05) is 26.0 Å². The van der Waals surface area contributed by atoms with E-state index >= 15 is 0 Å². The van der Waals surface area contributed by atoms with Gasteiger partial charge in [0, 0.05) is 5.56 Å². The van der Waals surface area contributed by atoms with Gasteiger partial charge in [-0.15, -0.1) is 0 Å². The lowest BCUT2D eigenvalue weighted by Crippen LogP contribution is -2.54. The zero-order valence-corrected chi connectivity index (χ0v) is 11.8. The molecule has 0 aromatic heterocycles. The van der Waals surface area contributed by atoms with Gasteiger partial charge in [0.1, 0.15) is 5.75 Å². The monoisotopic (exact) mass is 264 g/mol. The first-order chi connectivity index (χ1) is 8.92. The maximum Gasteiger partial charge on any atom is 0.307 e. The van der Waals surface area contributed by atoms with E-state index in [0.717, 1.165) is 22.4 Å². The average molecular weight is 264 g/mol. The highest BCUT2D eigenvalue weighted by Gasteiger charge is 2.50. The quantitative estimate of drug-likeness (QED) is 0.906. The lowest BCUT2D eigenvalue weighted by Gasteiger charge is -2.45. The number of benzene rings is 1. The third-order valence-electron chi connectivity index (χ3n) is 4.08. The number of rotatable bonds is 4. The van der Waals surface area contributed by atoms with E-state index in [1.54, 1.807) is 14.0 Å². The molecule has 19 heavy (non-hydrogen) atoms. The minimum Gasteiger partial charge on any atom is -0.496 e. The van der Waals surface area contributed by atoms with Crippen molar-refractivity contribution in [2.24, 2.45) is 5.92 Å². The molecule has 0 amide bonds. The number of carboxylic acid groups (broad SMARTS) is 1. The van der Waals surface area contributed by atoms with Crippen LogP contribution in [0.25, 0.3) is 0 Å². The Hall–Kier alpha value is -1.55. The zero-order chi connectivity index (χ0) is 14.2. The van der Waals surface area contributed by atoms with Crippen LogP contribution in [0.5, 0.6) is 5.75 Å². The molecule has 1 aromatic rings. The summed E-state index contributed by atoms with van der Waals surface area (Å²) in [7, 11) is 1.62. The maximum absolute atomic E-state index is 11.4. The van der Waals surface area contributed by atoms with E-state index in [-0.39, 0.29) is 0 Å². The van der Waals surface area contributed by atoms with Gasteiger partial charge in [0.2, 0.25) is 0 Å². The zero-order valence-electron chi connectivity index (χ0n) is 11.8. The minimum absolute atomic E-state index is 0.430. The van der Waals surface area contributed by atoms with Gasteiger partial charge in [0.05, 0.1) is 31.7 Å². The van der Waals surface area contributed by atoms with Gasteiger partial charge in [-0.3, -0.25) is 4.79 Å². The number of methoxy groups -OCH3 is 1. The van der Waals surface area contributed by atoms with Crippen LogP contribution in [0.2, 0.25) is 0 Å². The molecule has 1 saturated heterocycles. The van der Waals surface area contributed by atoms with Crippen molar-refractivity contribution < 1.29 is 19.4 Å². The molecule has 1 aliphatic rings. The van der Waals surface area contributed by atoms with Crippen LogP contribution in [-0.4, -0.2) is 31.4 Å². The summed E-state index contributed by atoms with van der Waals surface area (Å²) in [4.78, 5) is 11.4. The highest BCUT2D eigenvalue weighted by molar-refractivity contribution is 5.73. The lowest BCUT2D eigenvalue weighted by molar-refractivity contribution is -0.155. The first kappa shape index (κ1) is 13.9. The van der Waals surface area contributed by atoms with Crippen LogP contribution in [0.15, 0.2) is 12.1 Å². The second-order valence-corrected chi connectivity index (χ2v) is 5.37. The van der Waals surface area contributed by atoms with E-state index < -0.39 is 17.3 Å². The van der Waals surface area contributed by atoms with Crippen LogP contribution in [-0.2, 0) is 14.9 Å². The molecule has 2 rings (SSSR count). The van der Waals surface area contributed by atoms with Crippen LogP contribution < -0.4 is 4.74 Å². The first-order valence-corrected chi connectivity index (χ1v) is 6.38. The van der Waals surface area contributed by atoms with Crippen molar-refractivity contribution in [3.63, 3.8) is 0 Å². The highest BCUT2D eigenvalue weighted by Crippen LogP contribution is 2.45. The number of carboxylic acids is 1. The van der Waals surface area contributed by atoms with E-state index in [1.165, 1.54) is 0 Å². The summed E-state index contributed by atoms with van der Waals surface area (Å²) in [5.74, 6) is -0.525. The Morgan fingerprint density at radius 2 is 2.05 bits per heavy atom. The van der Waals surface area contributed by atoms with Crippen molar-refractivity contribution in [3.8, 4) is 5.75 Å². The fraction of sp³-hybridized carbons (Fsp3) is 0.533. The van der Waals surface area contributed by atoms with Crippen LogP contribution in [0.1, 0.15) is 23.6 Å². The first-order valence-electron chi connectivity index (χ1n) is 6.38. The predicted molar refractivity (Wildman–Crippen MR) is 71.8 cm³/mol. The molecule has 1 heterocycles. The van der Waals surface area contributed by atoms with E-state index in [0.29, 0.717) is 13.2 Å². The Morgan fingerprint density at radius 3 is 2.47 bits per heavy atom. The molecule has 0 bridgehead atoms. The molecular weight excluding hydrogens is 244 g/mol. The summed E-state index contributed by atoms with van der Waals surface area (Å²) in [5.41, 5.74) is 2.61. The molecule has 4 heteroatoms. The predicted octanol–water partition coefficient (Wildman–Crippen LogP) is 2.30. The Bertz CT molecular complexity index is 503. The number of hydrogen-bond donors (Lipinski definition) is 1. The highest BCUT2D eigenvalue weighted by atomic mass is 16.5. The van der Waals surface area contributed by atoms with Crippen molar-refractivity contribution >= 4 is 5.97 Å². The number of aliphatic carboxylic acids is 1. The Labute approximate surface area is 113 Å². The fourth-order valence-electron chi connectivity index (χ4n) is 2.79. The van der Waals surface area contributed by atoms with Gasteiger partial charge >= 0.3 is 5.97 Å². The SMILES string of the molecule is COc1c(C)cc(C)cc1C1(C(C)C(=O)O)COC1. The Balaban J connectivity index is 2.58. The minimum atomic E-state index is -0.801. The molecule has 0 aliphatic carbocycles. The van der Waals surface area contributed by atoms with Crippen LogP contribution in [0.3, 0.4) is 0 Å². The summed E-state index contributed by atoms with van der Waals surface area (Å²) in [6, 6.07) is 4.06. The summed E-state index contributed by atoms with van der Waals surface area (Å²) >= 11 is 0. The third kappa shape index (κ3) is 2.10. The molecule has 0 saturated carbocycles. The van der Waals surface area contributed by atoms with Gasteiger partial charge in [0.15, 0.2) is 0 Å². The van der Waals surface area contributed by atoms with Gasteiger partial charge in [0.25, 0.3) is 0 Å². The number of aryl methyl sites for hydroxylation is 2. The summed E-state index contributed by atoms with van der Waals surface area (Å²) < 4.78 is 10.8. The van der Waals surface area contributed by atoms with Crippen LogP contribution >= 0.6 is 0 Å². The summed E-state index contributed by atoms with van der Waals surface area (Å²) in [6.07, 6.45) is 0. The standard InChI is InChI=1S/C15H20O4/c1-9-5-10(2)13(18-4)12(6-9)15(7-19-8-15)11(3)14(16)17/h5-6,11H,7-8H2,1-4H3,(H,16,17). The number of carbonyl (C=O) groups is 1. The van der Waals surface area contributed by atoms with Crippen molar-refractivity contribution in [1.29, 1.82) is 0 Å². The fourth-order valence-corrected chi connectivity index (χ4v) is 2.79. The topological polar surface area (TPSA) is 55.8 Å². The molecule has 0 radical (unpaired) electrons. The van der Waals surface area contributed by atoms with Crippen LogP contribution in [0, 0.1) is 19.8 Å². The smallest absolute Gasteiger partial charge is 0.307 e. The largest absolute Gasteiger partial charge is 0.496 e. The molecule has 1 N–H and O–H groups in total. The molecule has 1 aromatic carbocycles. The van der Waals surface area contributed by atoms with Gasteiger partial charge in [-0.1, -0.05) is 24.6 Å². The number of hydrogen-bond acceptors (Lipinski definition) is 3. The van der Waals surface area contributed by atoms with Gasteiger partial charge in [-0.25, -0.2) is 0 Å². The second kappa shape index (κ2) is 4.85. The normalized spacial score (nSPS) is 18.5. The van der Waals surface area contributed by atoms with Crippen molar-refractivity contribution in [3.05, 3.63) is 28.8 Å². The second-order valence-electron chi connectivity index (χ2n) is 5.37.